The summed E-state index contributed by atoms with van der Waals surface area (Å²) in [6.07, 6.45) is 7.73. The zero-order valence-electron chi connectivity index (χ0n) is 15.0. The molecule has 1 saturated carbocycles. The van der Waals surface area contributed by atoms with E-state index in [9.17, 15) is 0 Å². The Morgan fingerprint density at radius 3 is 2.52 bits per heavy atom. The molecule has 1 aliphatic carbocycles. The molecule has 0 amide bonds. The first kappa shape index (κ1) is 17.6. The number of nitrogens with two attached hydrogens (primary N) is 1. The first-order valence-corrected chi connectivity index (χ1v) is 8.73. The fraction of sp³-hybridized carbons (Fsp3) is 0.667. The van der Waals surface area contributed by atoms with Crippen LogP contribution in [0.5, 0.6) is 0 Å². The minimum absolute atomic E-state index is 0.404. The minimum atomic E-state index is 0.404. The molecule has 0 aromatic carbocycles. The van der Waals surface area contributed by atoms with E-state index in [-0.39, 0.29) is 0 Å². The molecule has 1 aromatic rings. The lowest BCUT2D eigenvalue weighted by molar-refractivity contribution is 0.231. The van der Waals surface area contributed by atoms with Crippen molar-refractivity contribution in [2.24, 2.45) is 11.8 Å². The number of nitrogens with zero attached hydrogens (tertiary/aromatic N) is 3. The molecule has 3 N–H and O–H groups in total. The summed E-state index contributed by atoms with van der Waals surface area (Å²) in [6.45, 7) is 12.8. The number of aromatic nitrogens is 3. The lowest BCUT2D eigenvalue weighted by Gasteiger charge is -2.33. The van der Waals surface area contributed by atoms with Crippen molar-refractivity contribution >= 4 is 11.8 Å². The SMILES string of the molecule is C=C(C)/C(C)=C(/NC1CCC(C(C)CC)CC1)n1ncnc1N. The van der Waals surface area contributed by atoms with Gasteiger partial charge < -0.3 is 11.1 Å². The van der Waals surface area contributed by atoms with Gasteiger partial charge >= 0.3 is 0 Å². The molecule has 128 valence electrons. The minimum Gasteiger partial charge on any atom is -0.368 e. The maximum atomic E-state index is 5.95. The van der Waals surface area contributed by atoms with Crippen LogP contribution in [0.1, 0.15) is 59.8 Å². The van der Waals surface area contributed by atoms with E-state index in [2.05, 4.69) is 42.7 Å². The molecule has 2 rings (SSSR count). The summed E-state index contributed by atoms with van der Waals surface area (Å²) in [7, 11) is 0. The molecule has 1 atom stereocenters. The normalized spacial score (nSPS) is 24.0. The van der Waals surface area contributed by atoms with Crippen LogP contribution in [0.3, 0.4) is 0 Å². The van der Waals surface area contributed by atoms with Crippen molar-refractivity contribution in [3.8, 4) is 0 Å². The topological polar surface area (TPSA) is 68.8 Å². The van der Waals surface area contributed by atoms with Crippen molar-refractivity contribution in [1.82, 2.24) is 20.1 Å². The molecule has 5 nitrogen and oxygen atoms in total. The predicted molar refractivity (Wildman–Crippen MR) is 96.5 cm³/mol. The molecule has 1 fully saturated rings. The summed E-state index contributed by atoms with van der Waals surface area (Å²) >= 11 is 0. The highest BCUT2D eigenvalue weighted by atomic mass is 15.4. The Morgan fingerprint density at radius 1 is 1.39 bits per heavy atom. The number of nitrogens with one attached hydrogen (secondary N) is 1. The molecule has 1 heterocycles. The van der Waals surface area contributed by atoms with Gasteiger partial charge in [-0.05, 0) is 56.9 Å². The van der Waals surface area contributed by atoms with E-state index in [1.54, 1.807) is 4.68 Å². The van der Waals surface area contributed by atoms with Gasteiger partial charge in [0.05, 0.1) is 0 Å². The third-order valence-electron chi connectivity index (χ3n) is 5.34. The fourth-order valence-corrected chi connectivity index (χ4v) is 3.31. The highest BCUT2D eigenvalue weighted by Crippen LogP contribution is 2.32. The molecular formula is C18H31N5. The first-order valence-electron chi connectivity index (χ1n) is 8.73. The highest BCUT2D eigenvalue weighted by molar-refractivity contribution is 5.56. The summed E-state index contributed by atoms with van der Waals surface area (Å²) in [5.74, 6) is 3.01. The Labute approximate surface area is 140 Å². The maximum Gasteiger partial charge on any atom is 0.224 e. The van der Waals surface area contributed by atoms with E-state index >= 15 is 0 Å². The van der Waals surface area contributed by atoms with Crippen molar-refractivity contribution in [3.63, 3.8) is 0 Å². The lowest BCUT2D eigenvalue weighted by Crippen LogP contribution is -2.36. The molecule has 1 aromatic heterocycles. The van der Waals surface area contributed by atoms with Crippen molar-refractivity contribution in [2.45, 2.75) is 65.8 Å². The molecule has 23 heavy (non-hydrogen) atoms. The summed E-state index contributed by atoms with van der Waals surface area (Å²) in [5, 5.41) is 7.92. The Kier molecular flexibility index (Phi) is 5.85. The van der Waals surface area contributed by atoms with Crippen LogP contribution >= 0.6 is 0 Å². The zero-order valence-corrected chi connectivity index (χ0v) is 15.0. The Bertz CT molecular complexity index is 564. The van der Waals surface area contributed by atoms with Gasteiger partial charge in [0.25, 0.3) is 0 Å². The molecular weight excluding hydrogens is 286 g/mol. The molecule has 0 spiro atoms. The van der Waals surface area contributed by atoms with E-state index in [4.69, 9.17) is 5.73 Å². The van der Waals surface area contributed by atoms with Gasteiger partial charge in [0, 0.05) is 6.04 Å². The van der Waals surface area contributed by atoms with E-state index < -0.39 is 0 Å². The summed E-state index contributed by atoms with van der Waals surface area (Å²) in [4.78, 5) is 4.04. The largest absolute Gasteiger partial charge is 0.368 e. The Morgan fingerprint density at radius 2 is 2.04 bits per heavy atom. The van der Waals surface area contributed by atoms with Gasteiger partial charge in [-0.3, -0.25) is 0 Å². The molecule has 1 unspecified atom stereocenters. The number of hydrogen-bond donors (Lipinski definition) is 2. The van der Waals surface area contributed by atoms with Gasteiger partial charge in [-0.1, -0.05) is 32.4 Å². The van der Waals surface area contributed by atoms with Crippen molar-refractivity contribution < 1.29 is 0 Å². The van der Waals surface area contributed by atoms with Gasteiger partial charge in [-0.15, -0.1) is 0 Å². The van der Waals surface area contributed by atoms with E-state index in [0.717, 1.165) is 28.8 Å². The first-order chi connectivity index (χ1) is 10.9. The van der Waals surface area contributed by atoms with Gasteiger partial charge in [-0.2, -0.15) is 14.8 Å². The molecule has 0 radical (unpaired) electrons. The number of allylic oxidation sites excluding steroid dienone is 2. The van der Waals surface area contributed by atoms with E-state index in [0.29, 0.717) is 12.0 Å². The Hall–Kier alpha value is -1.78. The molecule has 5 heteroatoms. The van der Waals surface area contributed by atoms with Gasteiger partial charge in [0.2, 0.25) is 5.95 Å². The highest BCUT2D eigenvalue weighted by Gasteiger charge is 2.25. The molecule has 0 saturated heterocycles. The number of rotatable bonds is 6. The number of hydrogen-bond acceptors (Lipinski definition) is 4. The average molecular weight is 317 g/mol. The summed E-state index contributed by atoms with van der Waals surface area (Å²) < 4.78 is 1.69. The third-order valence-corrected chi connectivity index (χ3v) is 5.34. The second-order valence-electron chi connectivity index (χ2n) is 6.93. The lowest BCUT2D eigenvalue weighted by atomic mass is 9.78. The number of nitrogen functional groups attached to an aromatic ring is 1. The van der Waals surface area contributed by atoms with Crippen molar-refractivity contribution in [3.05, 3.63) is 24.1 Å². The monoisotopic (exact) mass is 317 g/mol. The van der Waals surface area contributed by atoms with Crippen LogP contribution in [-0.2, 0) is 0 Å². The smallest absolute Gasteiger partial charge is 0.224 e. The van der Waals surface area contributed by atoms with E-state index in [1.807, 2.05) is 6.92 Å². The van der Waals surface area contributed by atoms with Crippen molar-refractivity contribution in [1.29, 1.82) is 0 Å². The van der Waals surface area contributed by atoms with Crippen LogP contribution in [0.15, 0.2) is 24.1 Å². The van der Waals surface area contributed by atoms with Gasteiger partial charge in [-0.25, -0.2) is 0 Å². The average Bonchev–Trinajstić information content (AvgIpc) is 2.97. The van der Waals surface area contributed by atoms with Gasteiger partial charge in [0.15, 0.2) is 0 Å². The predicted octanol–water partition coefficient (Wildman–Crippen LogP) is 3.82. The van der Waals surface area contributed by atoms with E-state index in [1.165, 1.54) is 38.4 Å². The van der Waals surface area contributed by atoms with Crippen LogP contribution in [-0.4, -0.2) is 20.8 Å². The van der Waals surface area contributed by atoms with Crippen LogP contribution < -0.4 is 11.1 Å². The standard InChI is InChI=1S/C18H31N5/c1-6-13(4)15-7-9-16(10-8-15)22-17(14(5)12(2)3)23-18(19)20-11-21-23/h11,13,15-16,22H,2,6-10H2,1,3-5H3,(H2,19,20,21)/b17-14-. The van der Waals surface area contributed by atoms with Crippen molar-refractivity contribution in [2.75, 3.05) is 5.73 Å². The summed E-state index contributed by atoms with van der Waals surface area (Å²) in [5.41, 5.74) is 8.03. The van der Waals surface area contributed by atoms with Crippen LogP contribution in [0.4, 0.5) is 5.95 Å². The zero-order chi connectivity index (χ0) is 17.0. The van der Waals surface area contributed by atoms with Crippen LogP contribution in [0.25, 0.3) is 5.82 Å². The second kappa shape index (κ2) is 7.66. The van der Waals surface area contributed by atoms with Crippen LogP contribution in [0.2, 0.25) is 0 Å². The fourth-order valence-electron chi connectivity index (χ4n) is 3.31. The van der Waals surface area contributed by atoms with Crippen LogP contribution in [0, 0.1) is 11.8 Å². The quantitative estimate of drug-likeness (QED) is 0.783. The molecule has 0 bridgehead atoms. The number of anilines is 1. The third kappa shape index (κ3) is 4.15. The molecule has 0 aliphatic heterocycles. The Balaban J connectivity index is 2.11. The summed E-state index contributed by atoms with van der Waals surface area (Å²) in [6, 6.07) is 0.461. The second-order valence-corrected chi connectivity index (χ2v) is 6.93. The molecule has 1 aliphatic rings. The maximum absolute atomic E-state index is 5.95. The van der Waals surface area contributed by atoms with Gasteiger partial charge in [0.1, 0.15) is 12.1 Å².